The summed E-state index contributed by atoms with van der Waals surface area (Å²) < 4.78 is 0. The first-order valence-corrected chi connectivity index (χ1v) is 8.10. The van der Waals surface area contributed by atoms with Gasteiger partial charge in [0, 0.05) is 23.7 Å². The third-order valence-electron chi connectivity index (χ3n) is 4.95. The highest BCUT2D eigenvalue weighted by Gasteiger charge is 2.31. The molecule has 1 aromatic carbocycles. The molecule has 112 valence electrons. The first kappa shape index (κ1) is 13.5. The van der Waals surface area contributed by atoms with Crippen molar-refractivity contribution in [1.29, 1.82) is 0 Å². The van der Waals surface area contributed by atoms with Gasteiger partial charge in [-0.2, -0.15) is 0 Å². The van der Waals surface area contributed by atoms with E-state index in [4.69, 9.17) is 4.98 Å². The molecule has 0 unspecified atom stereocenters. The lowest BCUT2D eigenvalue weighted by molar-refractivity contribution is 0.101. The molecule has 0 saturated heterocycles. The molecule has 0 bridgehead atoms. The van der Waals surface area contributed by atoms with Gasteiger partial charge in [0.15, 0.2) is 5.78 Å². The normalized spacial score (nSPS) is 17.2. The molecule has 2 heterocycles. The van der Waals surface area contributed by atoms with E-state index in [9.17, 15) is 4.79 Å². The number of carbonyl (C=O) groups is 1. The van der Waals surface area contributed by atoms with Gasteiger partial charge in [0.1, 0.15) is 5.82 Å². The van der Waals surface area contributed by atoms with Crippen molar-refractivity contribution >= 4 is 11.6 Å². The van der Waals surface area contributed by atoms with Crippen LogP contribution in [0.2, 0.25) is 0 Å². The summed E-state index contributed by atoms with van der Waals surface area (Å²) in [4.78, 5) is 18.8. The van der Waals surface area contributed by atoms with Crippen LogP contribution in [0.1, 0.15) is 42.1 Å². The zero-order chi connectivity index (χ0) is 15.1. The van der Waals surface area contributed by atoms with Gasteiger partial charge in [-0.05, 0) is 44.2 Å². The Hall–Kier alpha value is -2.16. The Morgan fingerprint density at radius 2 is 1.91 bits per heavy atom. The summed E-state index contributed by atoms with van der Waals surface area (Å²) in [6.07, 6.45) is 5.07. The molecule has 0 amide bonds. The van der Waals surface area contributed by atoms with Crippen molar-refractivity contribution in [2.24, 2.45) is 0 Å². The van der Waals surface area contributed by atoms with Crippen LogP contribution in [0, 0.1) is 0 Å². The molecule has 1 fully saturated rings. The zero-order valence-corrected chi connectivity index (χ0v) is 12.9. The van der Waals surface area contributed by atoms with E-state index in [1.54, 1.807) is 6.92 Å². The molecule has 0 atom stereocenters. The number of aromatic nitrogens is 1. The first-order chi connectivity index (χ1) is 10.7. The van der Waals surface area contributed by atoms with Crippen LogP contribution in [-0.4, -0.2) is 23.4 Å². The second-order valence-corrected chi connectivity index (χ2v) is 6.34. The quantitative estimate of drug-likeness (QED) is 0.805. The Morgan fingerprint density at radius 3 is 2.55 bits per heavy atom. The van der Waals surface area contributed by atoms with Crippen LogP contribution in [0.15, 0.2) is 36.4 Å². The van der Waals surface area contributed by atoms with Gasteiger partial charge in [-0.15, -0.1) is 0 Å². The van der Waals surface area contributed by atoms with Gasteiger partial charge < -0.3 is 4.90 Å². The van der Waals surface area contributed by atoms with Crippen LogP contribution in [0.4, 0.5) is 5.82 Å². The van der Waals surface area contributed by atoms with Crippen LogP contribution < -0.4 is 4.90 Å². The smallest absolute Gasteiger partial charge is 0.159 e. The summed E-state index contributed by atoms with van der Waals surface area (Å²) in [5.74, 6) is 1.28. The largest absolute Gasteiger partial charge is 0.353 e. The van der Waals surface area contributed by atoms with E-state index in [0.717, 1.165) is 29.8 Å². The summed E-state index contributed by atoms with van der Waals surface area (Å²) in [5, 5.41) is 0. The number of hydrogen-bond acceptors (Lipinski definition) is 3. The van der Waals surface area contributed by atoms with E-state index in [1.165, 1.54) is 30.6 Å². The number of ketones is 1. The summed E-state index contributed by atoms with van der Waals surface area (Å²) in [5.41, 5.74) is 4.20. The molecular weight excluding hydrogens is 272 g/mol. The van der Waals surface area contributed by atoms with Gasteiger partial charge in [-0.25, -0.2) is 4.98 Å². The third kappa shape index (κ3) is 2.21. The Kier molecular flexibility index (Phi) is 3.21. The molecule has 1 saturated carbocycles. The fourth-order valence-corrected chi connectivity index (χ4v) is 3.36. The van der Waals surface area contributed by atoms with Gasteiger partial charge in [-0.1, -0.05) is 30.3 Å². The number of fused-ring (bicyclic) bond motifs is 1. The highest BCUT2D eigenvalue weighted by atomic mass is 16.1. The lowest BCUT2D eigenvalue weighted by Gasteiger charge is -2.36. The molecule has 3 heteroatoms. The van der Waals surface area contributed by atoms with Crippen molar-refractivity contribution in [3.05, 3.63) is 47.5 Å². The lowest BCUT2D eigenvalue weighted by atomic mass is 9.92. The van der Waals surface area contributed by atoms with Crippen LogP contribution in [0.25, 0.3) is 11.3 Å². The van der Waals surface area contributed by atoms with Gasteiger partial charge in [0.25, 0.3) is 0 Å². The number of benzene rings is 1. The minimum atomic E-state index is 0.102. The summed E-state index contributed by atoms with van der Waals surface area (Å²) in [6.45, 7) is 2.71. The summed E-state index contributed by atoms with van der Waals surface area (Å²) >= 11 is 0. The van der Waals surface area contributed by atoms with Crippen molar-refractivity contribution in [3.63, 3.8) is 0 Å². The summed E-state index contributed by atoms with van der Waals surface area (Å²) in [7, 11) is 0. The van der Waals surface area contributed by atoms with E-state index in [-0.39, 0.29) is 5.78 Å². The Bertz CT molecular complexity index is 717. The maximum atomic E-state index is 11.4. The predicted octanol–water partition coefficient (Wildman–Crippen LogP) is 3.87. The average Bonchev–Trinajstić information content (AvgIpc) is 2.89. The molecule has 1 aromatic heterocycles. The molecule has 4 rings (SSSR count). The maximum absolute atomic E-state index is 11.4. The lowest BCUT2D eigenvalue weighted by Crippen LogP contribution is -2.39. The highest BCUT2D eigenvalue weighted by Crippen LogP contribution is 2.36. The van der Waals surface area contributed by atoms with Crippen molar-refractivity contribution in [3.8, 4) is 11.3 Å². The fraction of sp³-hybridized carbons (Fsp3) is 0.368. The minimum absolute atomic E-state index is 0.102. The Balaban J connectivity index is 1.67. The number of nitrogens with zero attached hydrogens (tertiary/aromatic N) is 2. The minimum Gasteiger partial charge on any atom is -0.353 e. The SMILES string of the molecule is CC(=O)c1ccc(-c2ccc3c(n2)N(C2CCC2)CC3)cc1. The molecule has 3 nitrogen and oxygen atoms in total. The number of pyridine rings is 1. The van der Waals surface area contributed by atoms with Crippen molar-refractivity contribution < 1.29 is 4.79 Å². The number of anilines is 1. The van der Waals surface area contributed by atoms with E-state index in [0.29, 0.717) is 6.04 Å². The fourth-order valence-electron chi connectivity index (χ4n) is 3.36. The van der Waals surface area contributed by atoms with Gasteiger partial charge in [-0.3, -0.25) is 4.79 Å². The first-order valence-electron chi connectivity index (χ1n) is 8.10. The van der Waals surface area contributed by atoms with Crippen molar-refractivity contribution in [2.45, 2.75) is 38.6 Å². The molecular formula is C19H20N2O. The van der Waals surface area contributed by atoms with E-state index < -0.39 is 0 Å². The van der Waals surface area contributed by atoms with Gasteiger partial charge >= 0.3 is 0 Å². The standard InChI is InChI=1S/C19H20N2O/c1-13(22)14-5-7-15(8-6-14)18-10-9-16-11-12-21(19(16)20-18)17-3-2-4-17/h5-10,17H,2-4,11-12H2,1H3. The van der Waals surface area contributed by atoms with Crippen molar-refractivity contribution in [1.82, 2.24) is 4.98 Å². The van der Waals surface area contributed by atoms with Crippen molar-refractivity contribution in [2.75, 3.05) is 11.4 Å². The zero-order valence-electron chi connectivity index (χ0n) is 12.9. The highest BCUT2D eigenvalue weighted by molar-refractivity contribution is 5.94. The van der Waals surface area contributed by atoms with Gasteiger partial charge in [0.05, 0.1) is 5.69 Å². The monoisotopic (exact) mass is 292 g/mol. The van der Waals surface area contributed by atoms with Gasteiger partial charge in [0.2, 0.25) is 0 Å². The van der Waals surface area contributed by atoms with E-state index in [1.807, 2.05) is 24.3 Å². The Labute approximate surface area is 131 Å². The maximum Gasteiger partial charge on any atom is 0.159 e. The van der Waals surface area contributed by atoms with Crippen LogP contribution in [0.3, 0.4) is 0 Å². The third-order valence-corrected chi connectivity index (χ3v) is 4.95. The molecule has 0 N–H and O–H groups in total. The molecule has 1 aliphatic heterocycles. The molecule has 2 aromatic rings. The molecule has 22 heavy (non-hydrogen) atoms. The topological polar surface area (TPSA) is 33.2 Å². The van der Waals surface area contributed by atoms with E-state index in [2.05, 4.69) is 17.0 Å². The Morgan fingerprint density at radius 1 is 1.14 bits per heavy atom. The predicted molar refractivity (Wildman–Crippen MR) is 88.4 cm³/mol. The van der Waals surface area contributed by atoms with Crippen LogP contribution >= 0.6 is 0 Å². The number of rotatable bonds is 3. The molecule has 1 aliphatic carbocycles. The average molecular weight is 292 g/mol. The number of Topliss-reactive ketones (excluding diaryl/α,β-unsaturated/α-hetero) is 1. The second-order valence-electron chi connectivity index (χ2n) is 6.34. The van der Waals surface area contributed by atoms with Crippen LogP contribution in [0.5, 0.6) is 0 Å². The number of carbonyl (C=O) groups excluding carboxylic acids is 1. The molecule has 0 radical (unpaired) electrons. The second kappa shape index (κ2) is 5.24. The molecule has 2 aliphatic rings. The molecule has 0 spiro atoms. The summed E-state index contributed by atoms with van der Waals surface area (Å²) in [6, 6.07) is 12.8. The van der Waals surface area contributed by atoms with Crippen LogP contribution in [-0.2, 0) is 6.42 Å². The van der Waals surface area contributed by atoms with E-state index >= 15 is 0 Å². The number of hydrogen-bond donors (Lipinski definition) is 0.